The van der Waals surface area contributed by atoms with Crippen LogP contribution in [0.15, 0.2) is 0 Å². The van der Waals surface area contributed by atoms with E-state index < -0.39 is 0 Å². The van der Waals surface area contributed by atoms with Crippen LogP contribution < -0.4 is 0 Å². The number of nitrogens with zero attached hydrogens (tertiary/aromatic N) is 1. The van der Waals surface area contributed by atoms with Gasteiger partial charge in [0.05, 0.1) is 0 Å². The normalized spacial score (nSPS) is 38.2. The molecule has 3 heteroatoms. The van der Waals surface area contributed by atoms with Crippen LogP contribution in [-0.2, 0) is 9.59 Å². The maximum Gasteiger partial charge on any atom is 0.225 e. The average Bonchev–Trinajstić information content (AvgIpc) is 3.00. The lowest BCUT2D eigenvalue weighted by atomic mass is 9.75. The Kier molecular flexibility index (Phi) is 3.35. The first-order valence-corrected chi connectivity index (χ1v) is 8.99. The standard InChI is InChI=1S/C18H27NO2/c20-16-13-3-4-14(16)12-15(11-13)17(21)19-9-7-18(8-10-19)5-1-2-6-18/h13-15H,1-12H2. The van der Waals surface area contributed by atoms with Crippen molar-refractivity contribution in [3.05, 3.63) is 0 Å². The van der Waals surface area contributed by atoms with E-state index in [0.29, 0.717) is 17.1 Å². The number of hydrogen-bond acceptors (Lipinski definition) is 2. The van der Waals surface area contributed by atoms with Gasteiger partial charge in [0.1, 0.15) is 5.78 Å². The number of rotatable bonds is 1. The Balaban J connectivity index is 1.37. The van der Waals surface area contributed by atoms with Crippen molar-refractivity contribution in [2.24, 2.45) is 23.2 Å². The van der Waals surface area contributed by atoms with Crippen LogP contribution in [0.3, 0.4) is 0 Å². The third kappa shape index (κ3) is 2.33. The van der Waals surface area contributed by atoms with Crippen molar-refractivity contribution in [1.29, 1.82) is 0 Å². The van der Waals surface area contributed by atoms with Crippen molar-refractivity contribution in [2.75, 3.05) is 13.1 Å². The topological polar surface area (TPSA) is 37.4 Å². The Morgan fingerprint density at radius 1 is 0.952 bits per heavy atom. The van der Waals surface area contributed by atoms with E-state index in [1.807, 2.05) is 0 Å². The number of ketones is 1. The summed E-state index contributed by atoms with van der Waals surface area (Å²) in [5.41, 5.74) is 0.582. The second-order valence-electron chi connectivity index (χ2n) is 8.07. The van der Waals surface area contributed by atoms with Crippen LogP contribution in [0.1, 0.15) is 64.2 Å². The minimum absolute atomic E-state index is 0.151. The summed E-state index contributed by atoms with van der Waals surface area (Å²) in [6.07, 6.45) is 11.8. The quantitative estimate of drug-likeness (QED) is 0.743. The lowest BCUT2D eigenvalue weighted by molar-refractivity contribution is -0.141. The summed E-state index contributed by atoms with van der Waals surface area (Å²) in [5.74, 6) is 1.40. The second-order valence-corrected chi connectivity index (χ2v) is 8.07. The Hall–Kier alpha value is -0.860. The number of fused-ring (bicyclic) bond motifs is 2. The highest BCUT2D eigenvalue weighted by atomic mass is 16.2. The van der Waals surface area contributed by atoms with Gasteiger partial charge in [0.2, 0.25) is 5.91 Å². The molecule has 0 N–H and O–H groups in total. The highest BCUT2D eigenvalue weighted by Gasteiger charge is 2.45. The molecular weight excluding hydrogens is 262 g/mol. The molecule has 4 fully saturated rings. The predicted octanol–water partition coefficient (Wildman–Crippen LogP) is 3.17. The summed E-state index contributed by atoms with van der Waals surface area (Å²) >= 11 is 0. The van der Waals surface area contributed by atoms with E-state index in [2.05, 4.69) is 4.90 Å². The van der Waals surface area contributed by atoms with E-state index in [9.17, 15) is 9.59 Å². The Labute approximate surface area is 127 Å². The summed E-state index contributed by atoms with van der Waals surface area (Å²) in [6.45, 7) is 1.94. The van der Waals surface area contributed by atoms with Gasteiger partial charge < -0.3 is 4.90 Å². The molecule has 1 saturated heterocycles. The van der Waals surface area contributed by atoms with Gasteiger partial charge in [-0.2, -0.15) is 0 Å². The van der Waals surface area contributed by atoms with Gasteiger partial charge in [0, 0.05) is 30.8 Å². The molecule has 2 unspecified atom stereocenters. The van der Waals surface area contributed by atoms with E-state index in [1.54, 1.807) is 0 Å². The Morgan fingerprint density at radius 3 is 2.10 bits per heavy atom. The van der Waals surface area contributed by atoms with Crippen molar-refractivity contribution in [3.8, 4) is 0 Å². The fraction of sp³-hybridized carbons (Fsp3) is 0.889. The molecule has 21 heavy (non-hydrogen) atoms. The van der Waals surface area contributed by atoms with Crippen LogP contribution in [0.4, 0.5) is 0 Å². The van der Waals surface area contributed by atoms with E-state index in [0.717, 1.165) is 38.8 Å². The van der Waals surface area contributed by atoms with Gasteiger partial charge in [0.25, 0.3) is 0 Å². The monoisotopic (exact) mass is 289 g/mol. The molecule has 3 saturated carbocycles. The molecule has 4 rings (SSSR count). The zero-order chi connectivity index (χ0) is 14.4. The summed E-state index contributed by atoms with van der Waals surface area (Å²) in [6, 6.07) is 0. The number of likely N-dealkylation sites (tertiary alicyclic amines) is 1. The molecule has 2 bridgehead atoms. The molecule has 1 heterocycles. The van der Waals surface area contributed by atoms with Gasteiger partial charge in [-0.1, -0.05) is 12.8 Å². The highest BCUT2D eigenvalue weighted by Crippen LogP contribution is 2.47. The van der Waals surface area contributed by atoms with E-state index in [-0.39, 0.29) is 17.8 Å². The third-order valence-corrected chi connectivity index (χ3v) is 6.96. The maximum absolute atomic E-state index is 12.8. The lowest BCUT2D eigenvalue weighted by Crippen LogP contribution is -2.46. The molecule has 0 aromatic carbocycles. The molecule has 2 atom stereocenters. The summed E-state index contributed by atoms with van der Waals surface area (Å²) in [7, 11) is 0. The molecule has 1 amide bonds. The van der Waals surface area contributed by atoms with Crippen molar-refractivity contribution in [1.82, 2.24) is 4.90 Å². The highest BCUT2D eigenvalue weighted by molar-refractivity contribution is 5.89. The number of amides is 1. The van der Waals surface area contributed by atoms with Gasteiger partial charge in [-0.25, -0.2) is 0 Å². The molecule has 1 spiro atoms. The van der Waals surface area contributed by atoms with Crippen molar-refractivity contribution in [2.45, 2.75) is 64.2 Å². The smallest absolute Gasteiger partial charge is 0.225 e. The second kappa shape index (κ2) is 5.10. The molecule has 3 aliphatic carbocycles. The number of carbonyl (C=O) groups excluding carboxylic acids is 2. The fourth-order valence-electron chi connectivity index (χ4n) is 5.56. The summed E-state index contributed by atoms with van der Waals surface area (Å²) < 4.78 is 0. The molecular formula is C18H27NO2. The van der Waals surface area contributed by atoms with E-state index in [4.69, 9.17) is 0 Å². The summed E-state index contributed by atoms with van der Waals surface area (Å²) in [5, 5.41) is 0. The number of carbonyl (C=O) groups is 2. The van der Waals surface area contributed by atoms with Crippen LogP contribution in [-0.4, -0.2) is 29.7 Å². The number of hydrogen-bond donors (Lipinski definition) is 0. The minimum atomic E-state index is 0.151. The lowest BCUT2D eigenvalue weighted by Gasteiger charge is -2.41. The molecule has 3 nitrogen and oxygen atoms in total. The maximum atomic E-state index is 12.8. The van der Waals surface area contributed by atoms with Crippen LogP contribution in [0.2, 0.25) is 0 Å². The van der Waals surface area contributed by atoms with Gasteiger partial charge >= 0.3 is 0 Å². The molecule has 0 aromatic heterocycles. The zero-order valence-electron chi connectivity index (χ0n) is 13.0. The minimum Gasteiger partial charge on any atom is -0.342 e. The Bertz CT molecular complexity index is 426. The van der Waals surface area contributed by atoms with Gasteiger partial charge in [-0.05, 0) is 56.8 Å². The van der Waals surface area contributed by atoms with E-state index >= 15 is 0 Å². The largest absolute Gasteiger partial charge is 0.342 e. The van der Waals surface area contributed by atoms with Crippen LogP contribution in [0.25, 0.3) is 0 Å². The Morgan fingerprint density at radius 2 is 1.52 bits per heavy atom. The average molecular weight is 289 g/mol. The number of Topliss-reactive ketones (excluding diaryl/α,β-unsaturated/α-hetero) is 1. The molecule has 0 aromatic rings. The zero-order valence-corrected chi connectivity index (χ0v) is 13.0. The fourth-order valence-corrected chi connectivity index (χ4v) is 5.56. The van der Waals surface area contributed by atoms with E-state index in [1.165, 1.54) is 38.5 Å². The first-order valence-electron chi connectivity index (χ1n) is 8.99. The molecule has 0 radical (unpaired) electrons. The third-order valence-electron chi connectivity index (χ3n) is 6.96. The SMILES string of the molecule is O=C1C2CCC1CC(C(=O)N1CCC3(CCCC3)CC1)C2. The summed E-state index contributed by atoms with van der Waals surface area (Å²) in [4.78, 5) is 26.9. The number of piperidine rings is 1. The molecule has 116 valence electrons. The van der Waals surface area contributed by atoms with Gasteiger partial charge in [0.15, 0.2) is 0 Å². The predicted molar refractivity (Wildman–Crippen MR) is 80.7 cm³/mol. The first kappa shape index (κ1) is 13.8. The van der Waals surface area contributed by atoms with Crippen molar-refractivity contribution < 1.29 is 9.59 Å². The van der Waals surface area contributed by atoms with Crippen LogP contribution >= 0.6 is 0 Å². The first-order chi connectivity index (χ1) is 10.2. The van der Waals surface area contributed by atoms with Gasteiger partial charge in [-0.3, -0.25) is 9.59 Å². The molecule has 1 aliphatic heterocycles. The van der Waals surface area contributed by atoms with Crippen LogP contribution in [0, 0.1) is 23.2 Å². The van der Waals surface area contributed by atoms with Gasteiger partial charge in [-0.15, -0.1) is 0 Å². The molecule has 4 aliphatic rings. The van der Waals surface area contributed by atoms with Crippen molar-refractivity contribution >= 4 is 11.7 Å². The van der Waals surface area contributed by atoms with Crippen LogP contribution in [0.5, 0.6) is 0 Å². The van der Waals surface area contributed by atoms with Crippen molar-refractivity contribution in [3.63, 3.8) is 0 Å².